The largest absolute Gasteiger partial charge is 0.461 e. The molecule has 4 rings (SSSR count). The highest BCUT2D eigenvalue weighted by molar-refractivity contribution is 6.03. The Hall–Kier alpha value is -2.09. The van der Waals surface area contributed by atoms with Crippen LogP contribution in [0, 0.1) is 5.92 Å². The van der Waals surface area contributed by atoms with Crippen LogP contribution in [0.3, 0.4) is 0 Å². The predicted molar refractivity (Wildman–Crippen MR) is 79.4 cm³/mol. The van der Waals surface area contributed by atoms with Gasteiger partial charge in [0.15, 0.2) is 11.3 Å². The number of aromatic nitrogens is 1. The van der Waals surface area contributed by atoms with Gasteiger partial charge in [0.25, 0.3) is 5.91 Å². The molecule has 2 aliphatic rings. The lowest BCUT2D eigenvalue weighted by Gasteiger charge is -2.30. The number of piperidine rings is 1. The van der Waals surface area contributed by atoms with E-state index in [1.807, 2.05) is 0 Å². The Morgan fingerprint density at radius 2 is 2.21 bits per heavy atom. The molecule has 2 aliphatic heterocycles. The third-order valence-electron chi connectivity index (χ3n) is 4.81. The molecule has 2 bridgehead atoms. The minimum atomic E-state index is -4.53. The molecule has 0 spiro atoms. The van der Waals surface area contributed by atoms with Crippen molar-refractivity contribution in [3.63, 3.8) is 0 Å². The molecule has 24 heavy (non-hydrogen) atoms. The number of hydrogen-bond acceptors (Lipinski definition) is 4. The number of alkyl halides is 3. The fraction of sp³-hybridized carbons (Fsp3) is 0.500. The molecule has 1 unspecified atom stereocenters. The summed E-state index contributed by atoms with van der Waals surface area (Å²) in [6.45, 7) is 2.87. The van der Waals surface area contributed by atoms with Gasteiger partial charge >= 0.3 is 6.18 Å². The Bertz CT molecular complexity index is 774. The molecule has 0 aromatic carbocycles. The third-order valence-corrected chi connectivity index (χ3v) is 4.81. The fourth-order valence-electron chi connectivity index (χ4n) is 3.76. The highest BCUT2D eigenvalue weighted by Gasteiger charge is 2.36. The van der Waals surface area contributed by atoms with Crippen molar-refractivity contribution in [2.24, 2.45) is 5.92 Å². The zero-order chi connectivity index (χ0) is 16.9. The number of nitrogens with zero attached hydrogens (tertiary/aromatic N) is 2. The fourth-order valence-corrected chi connectivity index (χ4v) is 3.76. The van der Waals surface area contributed by atoms with Gasteiger partial charge in [-0.05, 0) is 31.4 Å². The normalized spacial score (nSPS) is 26.7. The van der Waals surface area contributed by atoms with Gasteiger partial charge in [-0.1, -0.05) is 0 Å². The summed E-state index contributed by atoms with van der Waals surface area (Å²) in [6, 6.07) is 1.21. The number of amides is 1. The standard InChI is InChI=1S/C16H16F3N3O2/c17-16(18,19)12-8-24-14-11(12)1-3-20-13(14)15(23)21-10-5-9-2-4-22(6-9)7-10/h1,3,8-10H,2,4-7H2,(H,21,23)/t9-,10-/m1/s1. The van der Waals surface area contributed by atoms with E-state index in [9.17, 15) is 18.0 Å². The first-order valence-corrected chi connectivity index (χ1v) is 7.88. The molecule has 3 atom stereocenters. The van der Waals surface area contributed by atoms with Crippen molar-refractivity contribution in [1.82, 2.24) is 15.2 Å². The van der Waals surface area contributed by atoms with Crippen LogP contribution in [0.25, 0.3) is 11.0 Å². The Morgan fingerprint density at radius 1 is 1.38 bits per heavy atom. The summed E-state index contributed by atoms with van der Waals surface area (Å²) < 4.78 is 43.9. The van der Waals surface area contributed by atoms with E-state index in [4.69, 9.17) is 4.42 Å². The van der Waals surface area contributed by atoms with Crippen molar-refractivity contribution < 1.29 is 22.4 Å². The van der Waals surface area contributed by atoms with Crippen molar-refractivity contribution in [3.8, 4) is 0 Å². The van der Waals surface area contributed by atoms with E-state index in [0.717, 1.165) is 32.5 Å². The molecule has 4 heterocycles. The molecule has 5 nitrogen and oxygen atoms in total. The monoisotopic (exact) mass is 339 g/mol. The molecule has 1 N–H and O–H groups in total. The lowest BCUT2D eigenvalue weighted by molar-refractivity contribution is -0.136. The number of hydrogen-bond donors (Lipinski definition) is 1. The van der Waals surface area contributed by atoms with Crippen molar-refractivity contribution in [3.05, 3.63) is 29.8 Å². The Labute approximate surface area is 135 Å². The Morgan fingerprint density at radius 3 is 2.96 bits per heavy atom. The summed E-state index contributed by atoms with van der Waals surface area (Å²) in [7, 11) is 0. The highest BCUT2D eigenvalue weighted by Crippen LogP contribution is 2.36. The first-order valence-electron chi connectivity index (χ1n) is 7.88. The van der Waals surface area contributed by atoms with Crippen LogP contribution in [0.1, 0.15) is 28.9 Å². The van der Waals surface area contributed by atoms with Gasteiger partial charge in [-0.3, -0.25) is 4.79 Å². The average Bonchev–Trinajstić information content (AvgIpc) is 3.09. The maximum Gasteiger partial charge on any atom is 0.420 e. The second-order valence-electron chi connectivity index (χ2n) is 6.50. The molecular weight excluding hydrogens is 323 g/mol. The maximum absolute atomic E-state index is 13.0. The zero-order valence-electron chi connectivity index (χ0n) is 12.8. The van der Waals surface area contributed by atoms with E-state index >= 15 is 0 Å². The van der Waals surface area contributed by atoms with Gasteiger partial charge in [-0.25, -0.2) is 4.98 Å². The number of rotatable bonds is 2. The molecule has 2 aromatic heterocycles. The summed E-state index contributed by atoms with van der Waals surface area (Å²) in [5, 5.41) is 2.75. The van der Waals surface area contributed by atoms with Gasteiger partial charge in [0.2, 0.25) is 0 Å². The number of fused-ring (bicyclic) bond motifs is 3. The van der Waals surface area contributed by atoms with Crippen LogP contribution in [0.4, 0.5) is 13.2 Å². The van der Waals surface area contributed by atoms with Crippen LogP contribution in [0.15, 0.2) is 22.9 Å². The molecule has 2 aromatic rings. The topological polar surface area (TPSA) is 58.4 Å². The maximum atomic E-state index is 13.0. The van der Waals surface area contributed by atoms with Crippen molar-refractivity contribution in [2.45, 2.75) is 25.1 Å². The molecular formula is C16H16F3N3O2. The first-order chi connectivity index (χ1) is 11.4. The van der Waals surface area contributed by atoms with Crippen LogP contribution in [-0.2, 0) is 6.18 Å². The third kappa shape index (κ3) is 2.64. The number of carbonyl (C=O) groups is 1. The van der Waals surface area contributed by atoms with Crippen molar-refractivity contribution >= 4 is 16.9 Å². The number of pyridine rings is 1. The van der Waals surface area contributed by atoms with E-state index in [1.165, 1.54) is 12.3 Å². The second kappa shape index (κ2) is 5.47. The molecule has 0 aliphatic carbocycles. The highest BCUT2D eigenvalue weighted by atomic mass is 19.4. The first kappa shape index (κ1) is 15.4. The number of carbonyl (C=O) groups excluding carboxylic acids is 1. The lowest BCUT2D eigenvalue weighted by Crippen LogP contribution is -2.47. The van der Waals surface area contributed by atoms with Gasteiger partial charge < -0.3 is 14.6 Å². The van der Waals surface area contributed by atoms with Gasteiger partial charge in [0, 0.05) is 30.7 Å². The predicted octanol–water partition coefficient (Wildman–Crippen LogP) is 2.67. The molecule has 0 saturated carbocycles. The molecule has 8 heteroatoms. The Kier molecular flexibility index (Phi) is 3.52. The number of furan rings is 1. The Balaban J connectivity index is 1.59. The van der Waals surface area contributed by atoms with Crippen LogP contribution in [0.2, 0.25) is 0 Å². The van der Waals surface area contributed by atoms with E-state index < -0.39 is 17.6 Å². The second-order valence-corrected chi connectivity index (χ2v) is 6.50. The minimum absolute atomic E-state index is 0.00662. The zero-order valence-corrected chi connectivity index (χ0v) is 12.8. The van der Waals surface area contributed by atoms with E-state index in [2.05, 4.69) is 15.2 Å². The van der Waals surface area contributed by atoms with Crippen molar-refractivity contribution in [2.75, 3.05) is 19.6 Å². The summed E-state index contributed by atoms with van der Waals surface area (Å²) in [5.41, 5.74) is -1.12. The van der Waals surface area contributed by atoms with E-state index in [1.54, 1.807) is 0 Å². The van der Waals surface area contributed by atoms with Gasteiger partial charge in [-0.15, -0.1) is 0 Å². The van der Waals surface area contributed by atoms with Crippen LogP contribution in [0.5, 0.6) is 0 Å². The minimum Gasteiger partial charge on any atom is -0.461 e. The average molecular weight is 339 g/mol. The number of halogens is 3. The summed E-state index contributed by atoms with van der Waals surface area (Å²) in [5.74, 6) is 0.0874. The summed E-state index contributed by atoms with van der Waals surface area (Å²) in [6.07, 6.45) is -0.667. The molecule has 128 valence electrons. The quantitative estimate of drug-likeness (QED) is 0.914. The van der Waals surface area contributed by atoms with Gasteiger partial charge in [-0.2, -0.15) is 13.2 Å². The smallest absolute Gasteiger partial charge is 0.420 e. The van der Waals surface area contributed by atoms with E-state index in [0.29, 0.717) is 12.2 Å². The number of nitrogens with one attached hydrogen (secondary N) is 1. The van der Waals surface area contributed by atoms with E-state index in [-0.39, 0.29) is 22.7 Å². The molecule has 0 radical (unpaired) electrons. The van der Waals surface area contributed by atoms with Crippen LogP contribution >= 0.6 is 0 Å². The molecule has 1 amide bonds. The summed E-state index contributed by atoms with van der Waals surface area (Å²) in [4.78, 5) is 18.7. The van der Waals surface area contributed by atoms with Crippen LogP contribution in [-0.4, -0.2) is 41.5 Å². The lowest BCUT2D eigenvalue weighted by atomic mass is 9.97. The SMILES string of the molecule is O=C(N[C@@H]1C[C@H]2CCN(C2)C1)c1nccc2c(C(F)(F)F)coc12. The molecule has 2 fully saturated rings. The van der Waals surface area contributed by atoms with Crippen molar-refractivity contribution in [1.29, 1.82) is 0 Å². The summed E-state index contributed by atoms with van der Waals surface area (Å²) >= 11 is 0. The van der Waals surface area contributed by atoms with Crippen LogP contribution < -0.4 is 5.32 Å². The molecule has 2 saturated heterocycles. The van der Waals surface area contributed by atoms with Gasteiger partial charge in [0.1, 0.15) is 11.8 Å². The van der Waals surface area contributed by atoms with Gasteiger partial charge in [0.05, 0.1) is 0 Å².